The van der Waals surface area contributed by atoms with Gasteiger partial charge in [-0.25, -0.2) is 9.97 Å². The van der Waals surface area contributed by atoms with E-state index in [2.05, 4.69) is 46.6 Å². The molecule has 2 N–H and O–H groups in total. The Morgan fingerprint density at radius 1 is 0.808 bits per heavy atom. The van der Waals surface area contributed by atoms with Crippen LogP contribution in [0.25, 0.3) is 0 Å². The van der Waals surface area contributed by atoms with Crippen molar-refractivity contribution in [2.75, 3.05) is 10.6 Å². The maximum Gasteiger partial charge on any atom is 0.258 e. The van der Waals surface area contributed by atoms with Gasteiger partial charge in [0.1, 0.15) is 0 Å². The van der Waals surface area contributed by atoms with Gasteiger partial charge in [0.2, 0.25) is 5.95 Å². The SMILES string of the molecule is CCc1ccc(NC(=O)c2cnc(Nc3ccc(CC)cc3)nc2)cc1. The number of rotatable bonds is 6. The molecule has 0 atom stereocenters. The Hall–Kier alpha value is -3.21. The van der Waals surface area contributed by atoms with Crippen LogP contribution in [-0.2, 0) is 12.8 Å². The zero-order chi connectivity index (χ0) is 18.4. The van der Waals surface area contributed by atoms with E-state index < -0.39 is 0 Å². The lowest BCUT2D eigenvalue weighted by Crippen LogP contribution is -2.13. The predicted octanol–water partition coefficient (Wildman–Crippen LogP) is 4.60. The van der Waals surface area contributed by atoms with E-state index in [9.17, 15) is 4.79 Å². The number of amides is 1. The highest BCUT2D eigenvalue weighted by Gasteiger charge is 2.08. The molecule has 0 unspecified atom stereocenters. The summed E-state index contributed by atoms with van der Waals surface area (Å²) in [5.41, 5.74) is 4.58. The van der Waals surface area contributed by atoms with Crippen molar-refractivity contribution in [2.24, 2.45) is 0 Å². The third-order valence-corrected chi connectivity index (χ3v) is 4.15. The van der Waals surface area contributed by atoms with Crippen molar-refractivity contribution in [1.29, 1.82) is 0 Å². The molecule has 0 aliphatic carbocycles. The standard InChI is InChI=1S/C21H22N4O/c1-3-15-5-9-18(10-6-15)24-20(26)17-13-22-21(23-14-17)25-19-11-7-16(4-2)8-12-19/h5-14H,3-4H2,1-2H3,(H,24,26)(H,22,23,25). The molecule has 3 rings (SSSR count). The van der Waals surface area contributed by atoms with Crippen molar-refractivity contribution < 1.29 is 4.79 Å². The van der Waals surface area contributed by atoms with E-state index in [4.69, 9.17) is 0 Å². The fourth-order valence-corrected chi connectivity index (χ4v) is 2.49. The monoisotopic (exact) mass is 346 g/mol. The van der Waals surface area contributed by atoms with Crippen molar-refractivity contribution in [3.8, 4) is 0 Å². The molecule has 1 amide bonds. The second kappa shape index (κ2) is 8.25. The number of hydrogen-bond acceptors (Lipinski definition) is 4. The van der Waals surface area contributed by atoms with Crippen LogP contribution in [0, 0.1) is 0 Å². The first-order valence-electron chi connectivity index (χ1n) is 8.76. The first-order valence-corrected chi connectivity index (χ1v) is 8.76. The number of benzene rings is 2. The molecule has 0 saturated carbocycles. The number of carbonyl (C=O) groups is 1. The molecule has 0 bridgehead atoms. The lowest BCUT2D eigenvalue weighted by atomic mass is 10.1. The number of nitrogens with zero attached hydrogens (tertiary/aromatic N) is 2. The van der Waals surface area contributed by atoms with E-state index in [1.165, 1.54) is 23.5 Å². The van der Waals surface area contributed by atoms with Crippen LogP contribution in [0.4, 0.5) is 17.3 Å². The van der Waals surface area contributed by atoms with Gasteiger partial charge in [-0.05, 0) is 48.2 Å². The minimum absolute atomic E-state index is 0.229. The van der Waals surface area contributed by atoms with Gasteiger partial charge >= 0.3 is 0 Å². The third-order valence-electron chi connectivity index (χ3n) is 4.15. The Bertz CT molecular complexity index is 856. The van der Waals surface area contributed by atoms with Crippen molar-refractivity contribution in [2.45, 2.75) is 26.7 Å². The highest BCUT2D eigenvalue weighted by molar-refractivity contribution is 6.03. The van der Waals surface area contributed by atoms with Crippen LogP contribution in [0.15, 0.2) is 60.9 Å². The smallest absolute Gasteiger partial charge is 0.258 e. The highest BCUT2D eigenvalue weighted by Crippen LogP contribution is 2.15. The molecule has 0 spiro atoms. The van der Waals surface area contributed by atoms with Crippen LogP contribution >= 0.6 is 0 Å². The second-order valence-corrected chi connectivity index (χ2v) is 5.98. The fraction of sp³-hybridized carbons (Fsp3) is 0.190. The maximum absolute atomic E-state index is 12.3. The number of nitrogens with one attached hydrogen (secondary N) is 2. The Morgan fingerprint density at radius 2 is 1.31 bits per heavy atom. The van der Waals surface area contributed by atoms with Crippen molar-refractivity contribution in [3.05, 3.63) is 77.6 Å². The van der Waals surface area contributed by atoms with Crippen LogP contribution in [-0.4, -0.2) is 15.9 Å². The van der Waals surface area contributed by atoms with E-state index >= 15 is 0 Å². The average molecular weight is 346 g/mol. The molecule has 26 heavy (non-hydrogen) atoms. The molecular formula is C21H22N4O. The lowest BCUT2D eigenvalue weighted by molar-refractivity contribution is 0.102. The summed E-state index contributed by atoms with van der Waals surface area (Å²) in [5, 5.41) is 5.98. The lowest BCUT2D eigenvalue weighted by Gasteiger charge is -2.08. The second-order valence-electron chi connectivity index (χ2n) is 5.98. The van der Waals surface area contributed by atoms with Crippen LogP contribution in [0.2, 0.25) is 0 Å². The highest BCUT2D eigenvalue weighted by atomic mass is 16.1. The molecule has 2 aromatic carbocycles. The Kier molecular flexibility index (Phi) is 5.59. The van der Waals surface area contributed by atoms with Gasteiger partial charge in [-0.15, -0.1) is 0 Å². The molecule has 0 saturated heterocycles. The van der Waals surface area contributed by atoms with Crippen molar-refractivity contribution >= 4 is 23.2 Å². The zero-order valence-electron chi connectivity index (χ0n) is 15.0. The zero-order valence-corrected chi connectivity index (χ0v) is 15.0. The maximum atomic E-state index is 12.3. The fourth-order valence-electron chi connectivity index (χ4n) is 2.49. The Balaban J connectivity index is 1.63. The molecule has 132 valence electrons. The van der Waals surface area contributed by atoms with Gasteiger partial charge in [0.15, 0.2) is 0 Å². The molecule has 1 aromatic heterocycles. The van der Waals surface area contributed by atoms with Gasteiger partial charge in [0, 0.05) is 23.8 Å². The Morgan fingerprint density at radius 3 is 1.81 bits per heavy atom. The summed E-state index contributed by atoms with van der Waals surface area (Å²) < 4.78 is 0. The topological polar surface area (TPSA) is 66.9 Å². The number of carbonyl (C=O) groups excluding carboxylic acids is 1. The molecule has 0 aliphatic heterocycles. The minimum Gasteiger partial charge on any atom is -0.324 e. The van der Waals surface area contributed by atoms with E-state index in [1.54, 1.807) is 0 Å². The summed E-state index contributed by atoms with van der Waals surface area (Å²) in [6.07, 6.45) is 5.01. The number of aromatic nitrogens is 2. The van der Waals surface area contributed by atoms with Crippen molar-refractivity contribution in [3.63, 3.8) is 0 Å². The van der Waals surface area contributed by atoms with E-state index in [0.29, 0.717) is 11.5 Å². The third kappa shape index (κ3) is 4.45. The first kappa shape index (κ1) is 17.6. The van der Waals surface area contributed by atoms with E-state index in [-0.39, 0.29) is 5.91 Å². The Labute approximate surface area is 153 Å². The molecule has 5 nitrogen and oxygen atoms in total. The number of aryl methyl sites for hydroxylation is 2. The predicted molar refractivity (Wildman–Crippen MR) is 105 cm³/mol. The van der Waals surface area contributed by atoms with Crippen molar-refractivity contribution in [1.82, 2.24) is 9.97 Å². The summed E-state index contributed by atoms with van der Waals surface area (Å²) in [4.78, 5) is 20.7. The first-order chi connectivity index (χ1) is 12.7. The molecule has 5 heteroatoms. The van der Waals surface area contributed by atoms with Crippen LogP contribution in [0.5, 0.6) is 0 Å². The normalized spacial score (nSPS) is 10.4. The summed E-state index contributed by atoms with van der Waals surface area (Å²) >= 11 is 0. The molecule has 0 fully saturated rings. The minimum atomic E-state index is -0.229. The molecule has 0 radical (unpaired) electrons. The van der Waals surface area contributed by atoms with Gasteiger partial charge < -0.3 is 10.6 Å². The average Bonchev–Trinajstić information content (AvgIpc) is 2.69. The summed E-state index contributed by atoms with van der Waals surface area (Å²) in [6.45, 7) is 4.21. The number of hydrogen-bond donors (Lipinski definition) is 2. The van der Waals surface area contributed by atoms with Gasteiger partial charge in [0.25, 0.3) is 5.91 Å². The van der Waals surface area contributed by atoms with Gasteiger partial charge in [-0.3, -0.25) is 4.79 Å². The van der Waals surface area contributed by atoms with Gasteiger partial charge in [-0.2, -0.15) is 0 Å². The summed E-state index contributed by atoms with van der Waals surface area (Å²) in [6, 6.07) is 15.9. The van der Waals surface area contributed by atoms with Gasteiger partial charge in [0.05, 0.1) is 5.56 Å². The van der Waals surface area contributed by atoms with Crippen LogP contribution in [0.1, 0.15) is 35.3 Å². The van der Waals surface area contributed by atoms with Gasteiger partial charge in [-0.1, -0.05) is 38.1 Å². The van der Waals surface area contributed by atoms with E-state index in [0.717, 1.165) is 24.2 Å². The largest absolute Gasteiger partial charge is 0.324 e. The molecule has 0 aliphatic rings. The molecular weight excluding hydrogens is 324 g/mol. The number of anilines is 3. The van der Waals surface area contributed by atoms with Crippen LogP contribution < -0.4 is 10.6 Å². The quantitative estimate of drug-likeness (QED) is 0.685. The van der Waals surface area contributed by atoms with Crippen LogP contribution in [0.3, 0.4) is 0 Å². The molecule has 1 heterocycles. The summed E-state index contributed by atoms with van der Waals surface area (Å²) in [7, 11) is 0. The van der Waals surface area contributed by atoms with E-state index in [1.807, 2.05) is 36.4 Å². The molecule has 3 aromatic rings. The summed E-state index contributed by atoms with van der Waals surface area (Å²) in [5.74, 6) is 0.228.